The Balaban J connectivity index is 2.31. The molecule has 1 aromatic heterocycles. The Morgan fingerprint density at radius 1 is 1.47 bits per heavy atom. The lowest BCUT2D eigenvalue weighted by Gasteiger charge is -2.19. The predicted octanol–water partition coefficient (Wildman–Crippen LogP) is 3.23. The molecule has 0 unspecified atom stereocenters. The van der Waals surface area contributed by atoms with Crippen LogP contribution in [-0.2, 0) is 6.54 Å². The number of benzene rings is 1. The molecular formula is C11H9ClN2O. The van der Waals surface area contributed by atoms with E-state index in [0.717, 1.165) is 39.7 Å². The highest BCUT2D eigenvalue weighted by Crippen LogP contribution is 2.39. The van der Waals surface area contributed by atoms with Crippen molar-refractivity contribution < 1.29 is 4.52 Å². The van der Waals surface area contributed by atoms with Crippen molar-refractivity contribution in [2.75, 3.05) is 5.32 Å². The van der Waals surface area contributed by atoms with Gasteiger partial charge in [0.1, 0.15) is 0 Å². The van der Waals surface area contributed by atoms with Gasteiger partial charge in [0.15, 0.2) is 5.76 Å². The summed E-state index contributed by atoms with van der Waals surface area (Å²) in [6.45, 7) is 2.74. The first-order valence-electron chi connectivity index (χ1n) is 4.74. The first kappa shape index (κ1) is 8.80. The van der Waals surface area contributed by atoms with Gasteiger partial charge in [0, 0.05) is 28.4 Å². The van der Waals surface area contributed by atoms with Crippen molar-refractivity contribution in [1.29, 1.82) is 0 Å². The molecule has 3 nitrogen and oxygen atoms in total. The fourth-order valence-electron chi connectivity index (χ4n) is 1.89. The molecule has 0 aliphatic carbocycles. The fourth-order valence-corrected chi connectivity index (χ4v) is 2.05. The monoisotopic (exact) mass is 220 g/mol. The zero-order valence-electron chi connectivity index (χ0n) is 8.17. The lowest BCUT2D eigenvalue weighted by atomic mass is 10.00. The second kappa shape index (κ2) is 3.00. The molecule has 2 aromatic rings. The van der Waals surface area contributed by atoms with Crippen LogP contribution in [0.3, 0.4) is 0 Å². The van der Waals surface area contributed by atoms with Gasteiger partial charge in [-0.1, -0.05) is 16.8 Å². The van der Waals surface area contributed by atoms with Crippen molar-refractivity contribution in [2.24, 2.45) is 0 Å². The topological polar surface area (TPSA) is 38.1 Å². The second-order valence-corrected chi connectivity index (χ2v) is 4.04. The van der Waals surface area contributed by atoms with Crippen LogP contribution in [0.2, 0.25) is 5.02 Å². The van der Waals surface area contributed by atoms with Crippen molar-refractivity contribution in [3.05, 3.63) is 34.5 Å². The summed E-state index contributed by atoms with van der Waals surface area (Å²) in [6.07, 6.45) is 1.75. The number of aromatic nitrogens is 1. The van der Waals surface area contributed by atoms with E-state index < -0.39 is 0 Å². The molecule has 0 amide bonds. The number of nitrogens with one attached hydrogen (secondary N) is 1. The molecule has 76 valence electrons. The maximum atomic E-state index is 6.06. The fraction of sp³-hybridized carbons (Fsp3) is 0.182. The van der Waals surface area contributed by atoms with E-state index >= 15 is 0 Å². The van der Waals surface area contributed by atoms with E-state index in [-0.39, 0.29) is 0 Å². The quantitative estimate of drug-likeness (QED) is 0.741. The molecule has 3 rings (SSSR count). The molecule has 0 atom stereocenters. The van der Waals surface area contributed by atoms with Crippen LogP contribution in [0.15, 0.2) is 22.9 Å². The molecule has 1 aromatic carbocycles. The molecule has 4 heteroatoms. The Morgan fingerprint density at radius 3 is 3.20 bits per heavy atom. The molecule has 1 aliphatic rings. The smallest absolute Gasteiger partial charge is 0.173 e. The summed E-state index contributed by atoms with van der Waals surface area (Å²) in [5.74, 6) is 0.850. The molecule has 0 saturated carbocycles. The van der Waals surface area contributed by atoms with E-state index in [4.69, 9.17) is 16.1 Å². The maximum absolute atomic E-state index is 6.06. The van der Waals surface area contributed by atoms with Crippen molar-refractivity contribution in [3.63, 3.8) is 0 Å². The molecule has 0 bridgehead atoms. The van der Waals surface area contributed by atoms with Gasteiger partial charge in [-0.05, 0) is 24.6 Å². The largest absolute Gasteiger partial charge is 0.380 e. The highest BCUT2D eigenvalue weighted by molar-refractivity contribution is 6.32. The summed E-state index contributed by atoms with van der Waals surface area (Å²) in [7, 11) is 0. The average Bonchev–Trinajstić information content (AvgIpc) is 2.71. The number of hydrogen-bond acceptors (Lipinski definition) is 3. The summed E-state index contributed by atoms with van der Waals surface area (Å²) in [5.41, 5.74) is 4.22. The third kappa shape index (κ3) is 1.16. The van der Waals surface area contributed by atoms with E-state index in [0.29, 0.717) is 0 Å². The molecule has 1 N–H and O–H groups in total. The predicted molar refractivity (Wildman–Crippen MR) is 59.0 cm³/mol. The van der Waals surface area contributed by atoms with Gasteiger partial charge < -0.3 is 9.84 Å². The van der Waals surface area contributed by atoms with E-state index in [1.54, 1.807) is 6.20 Å². The van der Waals surface area contributed by atoms with Crippen LogP contribution in [0.1, 0.15) is 11.1 Å². The molecule has 1 aliphatic heterocycles. The van der Waals surface area contributed by atoms with Gasteiger partial charge in [-0.15, -0.1) is 0 Å². The van der Waals surface area contributed by atoms with Crippen LogP contribution in [0, 0.1) is 6.92 Å². The Morgan fingerprint density at radius 2 is 2.33 bits per heavy atom. The van der Waals surface area contributed by atoms with Crippen LogP contribution >= 0.6 is 11.6 Å². The molecule has 0 spiro atoms. The van der Waals surface area contributed by atoms with Crippen molar-refractivity contribution in [2.45, 2.75) is 13.5 Å². The third-order valence-corrected chi connectivity index (χ3v) is 3.15. The Kier molecular flexibility index (Phi) is 1.76. The Labute approximate surface area is 92.0 Å². The number of hydrogen-bond donors (Lipinski definition) is 1. The Bertz CT molecular complexity index is 533. The van der Waals surface area contributed by atoms with Crippen LogP contribution in [0.4, 0.5) is 5.69 Å². The van der Waals surface area contributed by atoms with Gasteiger partial charge >= 0.3 is 0 Å². The normalized spacial score (nSPS) is 12.9. The van der Waals surface area contributed by atoms with E-state index in [1.165, 1.54) is 0 Å². The number of halogens is 1. The average molecular weight is 221 g/mol. The SMILES string of the molecule is Cc1c(Cl)ccc2c1NCc1cnoc1-2. The molecular weight excluding hydrogens is 212 g/mol. The minimum absolute atomic E-state index is 0.743. The minimum atomic E-state index is 0.743. The van der Waals surface area contributed by atoms with Gasteiger partial charge in [0.25, 0.3) is 0 Å². The third-order valence-electron chi connectivity index (χ3n) is 2.74. The maximum Gasteiger partial charge on any atom is 0.173 e. The number of rotatable bonds is 0. The van der Waals surface area contributed by atoms with Crippen molar-refractivity contribution >= 4 is 17.3 Å². The molecule has 0 saturated heterocycles. The van der Waals surface area contributed by atoms with E-state index in [9.17, 15) is 0 Å². The number of anilines is 1. The van der Waals surface area contributed by atoms with Crippen molar-refractivity contribution in [1.82, 2.24) is 5.16 Å². The van der Waals surface area contributed by atoms with Gasteiger partial charge in [-0.25, -0.2) is 0 Å². The summed E-state index contributed by atoms with van der Waals surface area (Å²) in [4.78, 5) is 0. The standard InChI is InChI=1S/C11H9ClN2O/c1-6-9(12)3-2-8-10(6)13-4-7-5-14-15-11(7)8/h2-3,5,13H,4H2,1H3. The van der Waals surface area contributed by atoms with Crippen LogP contribution in [-0.4, -0.2) is 5.16 Å². The molecule has 15 heavy (non-hydrogen) atoms. The lowest BCUT2D eigenvalue weighted by molar-refractivity contribution is 0.431. The number of fused-ring (bicyclic) bond motifs is 3. The van der Waals surface area contributed by atoms with Crippen molar-refractivity contribution in [3.8, 4) is 11.3 Å². The first-order chi connectivity index (χ1) is 7.27. The van der Waals surface area contributed by atoms with Crippen LogP contribution < -0.4 is 5.32 Å². The van der Waals surface area contributed by atoms with Crippen LogP contribution in [0.25, 0.3) is 11.3 Å². The summed E-state index contributed by atoms with van der Waals surface area (Å²) >= 11 is 6.06. The van der Waals surface area contributed by atoms with Gasteiger partial charge in [-0.2, -0.15) is 0 Å². The first-order valence-corrected chi connectivity index (χ1v) is 5.12. The molecule has 0 fully saturated rings. The highest BCUT2D eigenvalue weighted by atomic mass is 35.5. The van der Waals surface area contributed by atoms with Crippen LogP contribution in [0.5, 0.6) is 0 Å². The van der Waals surface area contributed by atoms with Gasteiger partial charge in [0.05, 0.1) is 6.20 Å². The molecule has 2 heterocycles. The molecule has 0 radical (unpaired) electrons. The zero-order valence-corrected chi connectivity index (χ0v) is 8.93. The van der Waals surface area contributed by atoms with Gasteiger partial charge in [-0.3, -0.25) is 0 Å². The summed E-state index contributed by atoms with van der Waals surface area (Å²) in [6, 6.07) is 3.84. The summed E-state index contributed by atoms with van der Waals surface area (Å²) in [5, 5.41) is 7.90. The van der Waals surface area contributed by atoms with E-state index in [2.05, 4.69) is 10.5 Å². The van der Waals surface area contributed by atoms with E-state index in [1.807, 2.05) is 19.1 Å². The number of nitrogens with zero attached hydrogens (tertiary/aromatic N) is 1. The second-order valence-electron chi connectivity index (χ2n) is 3.63. The summed E-state index contributed by atoms with van der Waals surface area (Å²) < 4.78 is 5.24. The Hall–Kier alpha value is -1.48. The highest BCUT2D eigenvalue weighted by Gasteiger charge is 2.21. The lowest BCUT2D eigenvalue weighted by Crippen LogP contribution is -2.08. The van der Waals surface area contributed by atoms with Gasteiger partial charge in [0.2, 0.25) is 0 Å². The minimum Gasteiger partial charge on any atom is -0.380 e. The zero-order chi connectivity index (χ0) is 10.4.